The first-order chi connectivity index (χ1) is 11.8. The SMILES string of the molecule is CC(C)c1ccc(N(CCNC(=O)c2cccnc2)S(C)(=O)=O)cc1. The number of sulfonamides is 1. The van der Waals surface area contributed by atoms with Crippen molar-refractivity contribution in [3.8, 4) is 0 Å². The van der Waals surface area contributed by atoms with Crippen LogP contribution in [0.4, 0.5) is 5.69 Å². The Morgan fingerprint density at radius 1 is 1.20 bits per heavy atom. The number of nitrogens with zero attached hydrogens (tertiary/aromatic N) is 2. The maximum atomic E-state index is 12.1. The van der Waals surface area contributed by atoms with Crippen molar-refractivity contribution < 1.29 is 13.2 Å². The predicted molar refractivity (Wildman–Crippen MR) is 99.3 cm³/mol. The van der Waals surface area contributed by atoms with Gasteiger partial charge in [0.05, 0.1) is 24.1 Å². The molecular formula is C18H23N3O3S. The highest BCUT2D eigenvalue weighted by Gasteiger charge is 2.17. The highest BCUT2D eigenvalue weighted by Crippen LogP contribution is 2.21. The Morgan fingerprint density at radius 3 is 2.40 bits per heavy atom. The van der Waals surface area contributed by atoms with Crippen molar-refractivity contribution in [3.63, 3.8) is 0 Å². The number of aromatic nitrogens is 1. The van der Waals surface area contributed by atoms with Gasteiger partial charge in [0.25, 0.3) is 5.91 Å². The van der Waals surface area contributed by atoms with Crippen molar-refractivity contribution in [3.05, 3.63) is 59.9 Å². The van der Waals surface area contributed by atoms with E-state index >= 15 is 0 Å². The minimum absolute atomic E-state index is 0.159. The van der Waals surface area contributed by atoms with E-state index in [1.807, 2.05) is 12.1 Å². The summed E-state index contributed by atoms with van der Waals surface area (Å²) in [5.41, 5.74) is 2.17. The van der Waals surface area contributed by atoms with Gasteiger partial charge in [0.2, 0.25) is 10.0 Å². The summed E-state index contributed by atoms with van der Waals surface area (Å²) in [5.74, 6) is 0.0937. The van der Waals surface area contributed by atoms with E-state index < -0.39 is 10.0 Å². The molecule has 1 aromatic carbocycles. The molecule has 0 atom stereocenters. The zero-order valence-electron chi connectivity index (χ0n) is 14.6. The minimum Gasteiger partial charge on any atom is -0.350 e. The van der Waals surface area contributed by atoms with Crippen molar-refractivity contribution >= 4 is 21.6 Å². The molecule has 1 N–H and O–H groups in total. The van der Waals surface area contributed by atoms with Crippen LogP contribution in [0.2, 0.25) is 0 Å². The molecule has 134 valence electrons. The Labute approximate surface area is 148 Å². The lowest BCUT2D eigenvalue weighted by molar-refractivity contribution is 0.0954. The second-order valence-corrected chi connectivity index (χ2v) is 7.99. The van der Waals surface area contributed by atoms with Crippen LogP contribution in [0.15, 0.2) is 48.8 Å². The molecule has 0 aliphatic heterocycles. The van der Waals surface area contributed by atoms with Crippen molar-refractivity contribution in [2.45, 2.75) is 19.8 Å². The van der Waals surface area contributed by atoms with E-state index in [0.29, 0.717) is 17.2 Å². The molecular weight excluding hydrogens is 338 g/mol. The number of hydrogen-bond donors (Lipinski definition) is 1. The quantitative estimate of drug-likeness (QED) is 0.821. The molecule has 25 heavy (non-hydrogen) atoms. The molecule has 0 saturated heterocycles. The normalized spacial score (nSPS) is 11.4. The van der Waals surface area contributed by atoms with E-state index in [1.165, 1.54) is 10.5 Å². The lowest BCUT2D eigenvalue weighted by Crippen LogP contribution is -2.38. The van der Waals surface area contributed by atoms with Gasteiger partial charge in [-0.2, -0.15) is 0 Å². The van der Waals surface area contributed by atoms with Gasteiger partial charge >= 0.3 is 0 Å². The van der Waals surface area contributed by atoms with E-state index in [0.717, 1.165) is 11.8 Å². The summed E-state index contributed by atoms with van der Waals surface area (Å²) in [6.45, 7) is 4.52. The minimum atomic E-state index is -3.44. The third kappa shape index (κ3) is 5.29. The Hall–Kier alpha value is -2.41. The number of amides is 1. The smallest absolute Gasteiger partial charge is 0.252 e. The fourth-order valence-corrected chi connectivity index (χ4v) is 3.31. The van der Waals surface area contributed by atoms with Gasteiger partial charge in [0.15, 0.2) is 0 Å². The van der Waals surface area contributed by atoms with E-state index in [1.54, 1.807) is 30.5 Å². The molecule has 6 nitrogen and oxygen atoms in total. The third-order valence-corrected chi connectivity index (χ3v) is 4.97. The second kappa shape index (κ2) is 8.11. The number of benzene rings is 1. The van der Waals surface area contributed by atoms with Crippen LogP contribution in [0.3, 0.4) is 0 Å². The Bertz CT molecular complexity index is 803. The van der Waals surface area contributed by atoms with Gasteiger partial charge in [0, 0.05) is 18.9 Å². The first-order valence-electron chi connectivity index (χ1n) is 8.05. The number of nitrogens with one attached hydrogen (secondary N) is 1. The zero-order chi connectivity index (χ0) is 18.4. The van der Waals surface area contributed by atoms with Crippen molar-refractivity contribution in [2.75, 3.05) is 23.7 Å². The molecule has 0 unspecified atom stereocenters. The van der Waals surface area contributed by atoms with Gasteiger partial charge in [-0.25, -0.2) is 8.42 Å². The fraction of sp³-hybridized carbons (Fsp3) is 0.333. The van der Waals surface area contributed by atoms with E-state index in [-0.39, 0.29) is 19.0 Å². The Kier molecular flexibility index (Phi) is 6.14. The second-order valence-electron chi connectivity index (χ2n) is 6.08. The van der Waals surface area contributed by atoms with E-state index in [2.05, 4.69) is 24.1 Å². The third-order valence-electron chi connectivity index (χ3n) is 3.77. The molecule has 2 rings (SSSR count). The fourth-order valence-electron chi connectivity index (χ4n) is 2.38. The van der Waals surface area contributed by atoms with Gasteiger partial charge in [-0.1, -0.05) is 26.0 Å². The van der Waals surface area contributed by atoms with Crippen LogP contribution in [0.5, 0.6) is 0 Å². The van der Waals surface area contributed by atoms with Crippen LogP contribution in [-0.2, 0) is 10.0 Å². The average molecular weight is 361 g/mol. The Balaban J connectivity index is 2.05. The average Bonchev–Trinajstić information content (AvgIpc) is 2.58. The summed E-state index contributed by atoms with van der Waals surface area (Å²) >= 11 is 0. The summed E-state index contributed by atoms with van der Waals surface area (Å²) < 4.78 is 25.5. The van der Waals surface area contributed by atoms with Gasteiger partial charge < -0.3 is 5.32 Å². The molecule has 7 heteroatoms. The van der Waals surface area contributed by atoms with Gasteiger partial charge in [0.1, 0.15) is 0 Å². The standard InChI is InChI=1S/C18H23N3O3S/c1-14(2)15-6-8-17(9-7-15)21(25(3,23)24)12-11-20-18(22)16-5-4-10-19-13-16/h4-10,13-14H,11-12H2,1-3H3,(H,20,22). The highest BCUT2D eigenvalue weighted by molar-refractivity contribution is 7.92. The molecule has 2 aromatic rings. The van der Waals surface area contributed by atoms with Crippen molar-refractivity contribution in [1.29, 1.82) is 0 Å². The molecule has 0 fully saturated rings. The number of anilines is 1. The maximum absolute atomic E-state index is 12.1. The lowest BCUT2D eigenvalue weighted by Gasteiger charge is -2.23. The molecule has 0 saturated carbocycles. The van der Waals surface area contributed by atoms with Crippen LogP contribution in [0.25, 0.3) is 0 Å². The Morgan fingerprint density at radius 2 is 1.88 bits per heavy atom. The van der Waals surface area contributed by atoms with Crippen LogP contribution in [0, 0.1) is 0 Å². The van der Waals surface area contributed by atoms with Crippen molar-refractivity contribution in [1.82, 2.24) is 10.3 Å². The van der Waals surface area contributed by atoms with Crippen LogP contribution in [0.1, 0.15) is 35.7 Å². The first-order valence-corrected chi connectivity index (χ1v) is 9.90. The van der Waals surface area contributed by atoms with Crippen molar-refractivity contribution in [2.24, 2.45) is 0 Å². The number of rotatable bonds is 7. The molecule has 1 heterocycles. The zero-order valence-corrected chi connectivity index (χ0v) is 15.5. The summed E-state index contributed by atoms with van der Waals surface area (Å²) in [6.07, 6.45) is 4.21. The van der Waals surface area contributed by atoms with Crippen LogP contribution < -0.4 is 9.62 Å². The molecule has 0 bridgehead atoms. The maximum Gasteiger partial charge on any atom is 0.252 e. The summed E-state index contributed by atoms with van der Waals surface area (Å²) in [4.78, 5) is 15.9. The highest BCUT2D eigenvalue weighted by atomic mass is 32.2. The van der Waals surface area contributed by atoms with E-state index in [4.69, 9.17) is 0 Å². The summed E-state index contributed by atoms with van der Waals surface area (Å²) in [5, 5.41) is 2.72. The molecule has 0 aliphatic rings. The largest absolute Gasteiger partial charge is 0.350 e. The van der Waals surface area contributed by atoms with E-state index in [9.17, 15) is 13.2 Å². The summed E-state index contributed by atoms with van der Waals surface area (Å²) in [7, 11) is -3.44. The number of hydrogen-bond acceptors (Lipinski definition) is 4. The molecule has 1 aromatic heterocycles. The van der Waals surface area contributed by atoms with Gasteiger partial charge in [-0.3, -0.25) is 14.1 Å². The lowest BCUT2D eigenvalue weighted by atomic mass is 10.0. The monoisotopic (exact) mass is 361 g/mol. The number of carbonyl (C=O) groups is 1. The summed E-state index contributed by atoms with van der Waals surface area (Å²) in [6, 6.07) is 10.8. The number of carbonyl (C=O) groups excluding carboxylic acids is 1. The molecule has 0 aliphatic carbocycles. The van der Waals surface area contributed by atoms with Crippen LogP contribution in [-0.4, -0.2) is 38.7 Å². The predicted octanol–water partition coefficient (Wildman–Crippen LogP) is 2.40. The molecule has 0 spiro atoms. The topological polar surface area (TPSA) is 79.4 Å². The van der Waals surface area contributed by atoms with Crippen LogP contribution >= 0.6 is 0 Å². The van der Waals surface area contributed by atoms with Gasteiger partial charge in [-0.05, 0) is 35.7 Å². The molecule has 1 amide bonds. The molecule has 0 radical (unpaired) electrons. The first kappa shape index (κ1) is 18.9. The van der Waals surface area contributed by atoms with Gasteiger partial charge in [-0.15, -0.1) is 0 Å². The number of pyridine rings is 1.